The lowest BCUT2D eigenvalue weighted by Gasteiger charge is -2.07. The van der Waals surface area contributed by atoms with Crippen molar-refractivity contribution in [2.75, 3.05) is 7.11 Å². The van der Waals surface area contributed by atoms with E-state index in [0.29, 0.717) is 11.2 Å². The third-order valence-electron chi connectivity index (χ3n) is 3.57. The van der Waals surface area contributed by atoms with Crippen LogP contribution >= 0.6 is 11.3 Å². The molecule has 1 aromatic carbocycles. The first kappa shape index (κ1) is 15.6. The van der Waals surface area contributed by atoms with E-state index in [1.807, 2.05) is 0 Å². The predicted octanol–water partition coefficient (Wildman–Crippen LogP) is 4.79. The van der Waals surface area contributed by atoms with Gasteiger partial charge in [-0.1, -0.05) is 0 Å². The van der Waals surface area contributed by atoms with Crippen LogP contribution in [0.15, 0.2) is 29.6 Å². The first-order valence-electron chi connectivity index (χ1n) is 6.70. The highest BCUT2D eigenvalue weighted by molar-refractivity contribution is 7.10. The second-order valence-corrected chi connectivity index (χ2v) is 5.92. The van der Waals surface area contributed by atoms with Gasteiger partial charge in [-0.3, -0.25) is 9.36 Å². The summed E-state index contributed by atoms with van der Waals surface area (Å²) in [7, 11) is 1.36. The maximum absolute atomic E-state index is 14.3. The molecule has 7 heteroatoms. The molecular formula is C16H12F3NO2S. The van der Waals surface area contributed by atoms with Gasteiger partial charge in [0.2, 0.25) is 0 Å². The maximum atomic E-state index is 14.3. The third-order valence-corrected chi connectivity index (χ3v) is 4.51. The molecule has 0 N–H and O–H groups in total. The zero-order valence-electron chi connectivity index (χ0n) is 12.3. The fourth-order valence-corrected chi connectivity index (χ4v) is 3.22. The molecule has 0 saturated carbocycles. The number of methoxy groups -OCH3 is 1. The van der Waals surface area contributed by atoms with Gasteiger partial charge >= 0.3 is 0 Å². The molecule has 3 aromatic rings. The van der Waals surface area contributed by atoms with Crippen LogP contribution in [0.1, 0.15) is 27.4 Å². The lowest BCUT2D eigenvalue weighted by atomic mass is 10.2. The first-order chi connectivity index (χ1) is 10.9. The predicted molar refractivity (Wildman–Crippen MR) is 82.2 cm³/mol. The smallest absolute Gasteiger partial charge is 0.272 e. The molecule has 2 heterocycles. The van der Waals surface area contributed by atoms with Gasteiger partial charge in [0.25, 0.3) is 12.3 Å². The molecule has 0 fully saturated rings. The molecule has 0 aliphatic heterocycles. The standard InChI is InChI=1S/C16H12F3NO2S/c1-8-5-10-11(3-4-12(22-2)14(10)17)20(8)16(21)9-6-13(15(18)19)23-7-9/h3-7,15H,1-2H3. The number of halogens is 3. The minimum atomic E-state index is -2.62. The van der Waals surface area contributed by atoms with Crippen LogP contribution in [-0.2, 0) is 0 Å². The molecule has 0 spiro atoms. The third kappa shape index (κ3) is 2.50. The molecule has 0 radical (unpaired) electrons. The molecule has 0 atom stereocenters. The van der Waals surface area contributed by atoms with Crippen LogP contribution in [0.3, 0.4) is 0 Å². The van der Waals surface area contributed by atoms with E-state index in [1.54, 1.807) is 13.0 Å². The number of thiophene rings is 1. The SMILES string of the molecule is COc1ccc2c(cc(C)n2C(=O)c2csc(C(F)F)c2)c1F. The molecule has 0 amide bonds. The van der Waals surface area contributed by atoms with Crippen molar-refractivity contribution in [3.05, 3.63) is 51.6 Å². The quantitative estimate of drug-likeness (QED) is 0.687. The fraction of sp³-hybridized carbons (Fsp3) is 0.188. The van der Waals surface area contributed by atoms with E-state index in [9.17, 15) is 18.0 Å². The lowest BCUT2D eigenvalue weighted by molar-refractivity contribution is 0.0963. The lowest BCUT2D eigenvalue weighted by Crippen LogP contribution is -2.12. The van der Waals surface area contributed by atoms with E-state index in [1.165, 1.54) is 35.3 Å². The van der Waals surface area contributed by atoms with Gasteiger partial charge in [0.05, 0.1) is 23.1 Å². The van der Waals surface area contributed by atoms with Crippen LogP contribution in [0.2, 0.25) is 0 Å². The molecule has 0 unspecified atom stereocenters. The van der Waals surface area contributed by atoms with Gasteiger partial charge in [-0.15, -0.1) is 11.3 Å². The summed E-state index contributed by atoms with van der Waals surface area (Å²) in [5.41, 5.74) is 1.04. The number of fused-ring (bicyclic) bond motifs is 1. The van der Waals surface area contributed by atoms with Crippen LogP contribution in [0, 0.1) is 12.7 Å². The zero-order chi connectivity index (χ0) is 16.7. The second kappa shape index (κ2) is 5.73. The Balaban J connectivity index is 2.13. The average Bonchev–Trinajstić information content (AvgIpc) is 3.12. The van der Waals surface area contributed by atoms with Crippen molar-refractivity contribution in [2.45, 2.75) is 13.3 Å². The molecule has 0 saturated heterocycles. The van der Waals surface area contributed by atoms with Crippen molar-refractivity contribution in [1.29, 1.82) is 0 Å². The Bertz CT molecular complexity index is 898. The minimum Gasteiger partial charge on any atom is -0.494 e. The Morgan fingerprint density at radius 3 is 2.65 bits per heavy atom. The van der Waals surface area contributed by atoms with Crippen molar-refractivity contribution in [1.82, 2.24) is 4.57 Å². The average molecular weight is 339 g/mol. The van der Waals surface area contributed by atoms with Crippen LogP contribution in [0.25, 0.3) is 10.9 Å². The number of nitrogens with zero attached hydrogens (tertiary/aromatic N) is 1. The van der Waals surface area contributed by atoms with E-state index < -0.39 is 18.1 Å². The largest absolute Gasteiger partial charge is 0.494 e. The first-order valence-corrected chi connectivity index (χ1v) is 7.57. The molecule has 120 valence electrons. The highest BCUT2D eigenvalue weighted by Gasteiger charge is 2.21. The summed E-state index contributed by atoms with van der Waals surface area (Å²) < 4.78 is 45.9. The number of carbonyl (C=O) groups excluding carboxylic acids is 1. The Labute approximate surface area is 133 Å². The Kier molecular flexibility index (Phi) is 3.89. The number of aromatic nitrogens is 1. The van der Waals surface area contributed by atoms with Crippen molar-refractivity contribution in [3.8, 4) is 5.75 Å². The zero-order valence-corrected chi connectivity index (χ0v) is 13.1. The molecular weight excluding hydrogens is 327 g/mol. The van der Waals surface area contributed by atoms with E-state index in [-0.39, 0.29) is 21.6 Å². The second-order valence-electron chi connectivity index (χ2n) is 4.98. The fourth-order valence-electron chi connectivity index (χ4n) is 2.49. The number of alkyl halides is 2. The van der Waals surface area contributed by atoms with Crippen molar-refractivity contribution >= 4 is 28.1 Å². The summed E-state index contributed by atoms with van der Waals surface area (Å²) in [6.07, 6.45) is -2.62. The van der Waals surface area contributed by atoms with Gasteiger partial charge in [-0.25, -0.2) is 13.2 Å². The summed E-state index contributed by atoms with van der Waals surface area (Å²) in [4.78, 5) is 12.4. The van der Waals surface area contributed by atoms with E-state index >= 15 is 0 Å². The monoisotopic (exact) mass is 339 g/mol. The summed E-state index contributed by atoms with van der Waals surface area (Å²) in [6, 6.07) is 5.70. The number of benzene rings is 1. The van der Waals surface area contributed by atoms with Crippen LogP contribution in [0.5, 0.6) is 5.75 Å². The van der Waals surface area contributed by atoms with E-state index in [4.69, 9.17) is 4.74 Å². The normalized spacial score (nSPS) is 11.4. The van der Waals surface area contributed by atoms with Gasteiger partial charge < -0.3 is 4.74 Å². The Morgan fingerprint density at radius 2 is 2.04 bits per heavy atom. The summed E-state index contributed by atoms with van der Waals surface area (Å²) in [6.45, 7) is 1.66. The molecule has 0 aliphatic rings. The van der Waals surface area contributed by atoms with Crippen molar-refractivity contribution in [2.24, 2.45) is 0 Å². The molecule has 0 aliphatic carbocycles. The minimum absolute atomic E-state index is 0.0811. The van der Waals surface area contributed by atoms with Gasteiger partial charge in [0, 0.05) is 16.5 Å². The summed E-state index contributed by atoms with van der Waals surface area (Å²) >= 11 is 0.825. The number of rotatable bonds is 3. The number of carbonyl (C=O) groups is 1. The van der Waals surface area contributed by atoms with Crippen LogP contribution < -0.4 is 4.74 Å². The molecule has 0 bridgehead atoms. The van der Waals surface area contributed by atoms with Crippen molar-refractivity contribution < 1.29 is 22.7 Å². The van der Waals surface area contributed by atoms with Crippen molar-refractivity contribution in [3.63, 3.8) is 0 Å². The van der Waals surface area contributed by atoms with Crippen LogP contribution in [0.4, 0.5) is 13.2 Å². The Morgan fingerprint density at radius 1 is 1.30 bits per heavy atom. The van der Waals surface area contributed by atoms with Gasteiger partial charge in [-0.05, 0) is 31.2 Å². The maximum Gasteiger partial charge on any atom is 0.272 e. The topological polar surface area (TPSA) is 31.2 Å². The molecule has 23 heavy (non-hydrogen) atoms. The van der Waals surface area contributed by atoms with Gasteiger partial charge in [-0.2, -0.15) is 0 Å². The van der Waals surface area contributed by atoms with E-state index in [0.717, 1.165) is 11.3 Å². The van der Waals surface area contributed by atoms with Gasteiger partial charge in [0.15, 0.2) is 11.6 Å². The summed E-state index contributed by atoms with van der Waals surface area (Å²) in [5.74, 6) is -0.943. The number of ether oxygens (including phenoxy) is 1. The van der Waals surface area contributed by atoms with Gasteiger partial charge in [0.1, 0.15) is 0 Å². The highest BCUT2D eigenvalue weighted by atomic mass is 32.1. The highest BCUT2D eigenvalue weighted by Crippen LogP contribution is 2.31. The summed E-state index contributed by atoms with van der Waals surface area (Å²) in [5, 5.41) is 1.63. The molecule has 3 nitrogen and oxygen atoms in total. The molecule has 2 aromatic heterocycles. The number of hydrogen-bond donors (Lipinski definition) is 0. The Hall–Kier alpha value is -2.28. The number of hydrogen-bond acceptors (Lipinski definition) is 3. The van der Waals surface area contributed by atoms with E-state index in [2.05, 4.69) is 0 Å². The molecule has 3 rings (SSSR count). The van der Waals surface area contributed by atoms with Crippen LogP contribution in [-0.4, -0.2) is 17.6 Å². The number of aryl methyl sites for hydroxylation is 1.